The van der Waals surface area contributed by atoms with Gasteiger partial charge < -0.3 is 15.0 Å². The first-order chi connectivity index (χ1) is 11.0. The van der Waals surface area contributed by atoms with Crippen LogP contribution in [0.25, 0.3) is 0 Å². The number of alkyl halides is 3. The van der Waals surface area contributed by atoms with Gasteiger partial charge in [0.15, 0.2) is 0 Å². The average Bonchev–Trinajstić information content (AvgIpc) is 2.86. The molecule has 9 heteroatoms. The predicted molar refractivity (Wildman–Crippen MR) is 84.1 cm³/mol. The van der Waals surface area contributed by atoms with Crippen LogP contribution in [-0.4, -0.2) is 40.7 Å². The maximum absolute atomic E-state index is 12.6. The maximum atomic E-state index is 12.6. The first kappa shape index (κ1) is 18.6. The molecule has 1 atom stereocenters. The largest absolute Gasteiger partial charge is 0.444 e. The van der Waals surface area contributed by atoms with Crippen molar-refractivity contribution in [1.82, 2.24) is 9.88 Å². The molecule has 1 aromatic rings. The molecule has 1 fully saturated rings. The van der Waals surface area contributed by atoms with Crippen LogP contribution in [0.15, 0.2) is 12.3 Å². The number of nitrogens with zero attached hydrogens (tertiary/aromatic N) is 2. The van der Waals surface area contributed by atoms with Gasteiger partial charge in [0.1, 0.15) is 11.4 Å². The third kappa shape index (κ3) is 4.90. The molecule has 0 saturated carbocycles. The molecule has 0 unspecified atom stereocenters. The predicted octanol–water partition coefficient (Wildman–Crippen LogP) is 4.18. The van der Waals surface area contributed by atoms with E-state index in [1.54, 1.807) is 25.7 Å². The maximum Gasteiger partial charge on any atom is 0.417 e. The summed E-state index contributed by atoms with van der Waals surface area (Å²) in [4.78, 5) is 17.3. The van der Waals surface area contributed by atoms with Crippen LogP contribution in [0.1, 0.15) is 32.8 Å². The lowest BCUT2D eigenvalue weighted by Crippen LogP contribution is -2.36. The van der Waals surface area contributed by atoms with Crippen molar-refractivity contribution in [3.8, 4) is 0 Å². The summed E-state index contributed by atoms with van der Waals surface area (Å²) in [6.45, 7) is 6.20. The SMILES string of the molecule is CC(C)(C)OC(=O)N1CC[C@H](Nc2ncc(C(F)(F)F)cc2Cl)C1. The topological polar surface area (TPSA) is 54.5 Å². The molecule has 0 spiro atoms. The quantitative estimate of drug-likeness (QED) is 0.854. The molecule has 1 amide bonds. The van der Waals surface area contributed by atoms with E-state index in [0.29, 0.717) is 19.5 Å². The Kier molecular flexibility index (Phi) is 5.17. The highest BCUT2D eigenvalue weighted by atomic mass is 35.5. The second kappa shape index (κ2) is 6.66. The van der Waals surface area contributed by atoms with Crippen LogP contribution >= 0.6 is 11.6 Å². The molecule has 134 valence electrons. The number of carbonyl (C=O) groups excluding carboxylic acids is 1. The van der Waals surface area contributed by atoms with Crippen LogP contribution < -0.4 is 5.32 Å². The molecule has 1 N–H and O–H groups in total. The van der Waals surface area contributed by atoms with E-state index in [2.05, 4.69) is 10.3 Å². The minimum atomic E-state index is -4.49. The molecule has 0 aromatic carbocycles. The number of halogens is 4. The van der Waals surface area contributed by atoms with Crippen molar-refractivity contribution in [2.45, 2.75) is 45.0 Å². The fourth-order valence-electron chi connectivity index (χ4n) is 2.26. The van der Waals surface area contributed by atoms with Crippen molar-refractivity contribution in [2.75, 3.05) is 18.4 Å². The zero-order valence-electron chi connectivity index (χ0n) is 13.6. The Labute approximate surface area is 143 Å². The summed E-state index contributed by atoms with van der Waals surface area (Å²) in [5.74, 6) is 0.167. The molecule has 2 rings (SSSR count). The summed E-state index contributed by atoms with van der Waals surface area (Å²) in [6, 6.07) is 0.677. The molecule has 0 bridgehead atoms. The lowest BCUT2D eigenvalue weighted by atomic mass is 10.2. The highest BCUT2D eigenvalue weighted by Crippen LogP contribution is 2.32. The number of anilines is 1. The summed E-state index contributed by atoms with van der Waals surface area (Å²) < 4.78 is 43.1. The van der Waals surface area contributed by atoms with E-state index in [1.165, 1.54) is 0 Å². The van der Waals surface area contributed by atoms with E-state index in [9.17, 15) is 18.0 Å². The van der Waals surface area contributed by atoms with Gasteiger partial charge in [-0.1, -0.05) is 11.6 Å². The van der Waals surface area contributed by atoms with Crippen LogP contribution in [0.4, 0.5) is 23.8 Å². The molecule has 0 radical (unpaired) electrons. The van der Waals surface area contributed by atoms with Crippen LogP contribution in [-0.2, 0) is 10.9 Å². The van der Waals surface area contributed by atoms with Gasteiger partial charge in [-0.15, -0.1) is 0 Å². The van der Waals surface area contributed by atoms with Crippen molar-refractivity contribution in [3.63, 3.8) is 0 Å². The molecule has 2 heterocycles. The number of aromatic nitrogens is 1. The first-order valence-electron chi connectivity index (χ1n) is 7.43. The van der Waals surface area contributed by atoms with E-state index in [1.807, 2.05) is 0 Å². The van der Waals surface area contributed by atoms with Gasteiger partial charge in [-0.3, -0.25) is 0 Å². The standard InChI is InChI=1S/C15H19ClF3N3O2/c1-14(2,3)24-13(23)22-5-4-10(8-22)21-12-11(16)6-9(7-20-12)15(17,18)19/h6-7,10H,4-5,8H2,1-3H3,(H,20,21)/t10-/m0/s1. The van der Waals surface area contributed by atoms with Crippen molar-refractivity contribution in [3.05, 3.63) is 22.8 Å². The number of ether oxygens (including phenoxy) is 1. The number of hydrogen-bond acceptors (Lipinski definition) is 4. The number of hydrogen-bond donors (Lipinski definition) is 1. The Balaban J connectivity index is 1.97. The van der Waals surface area contributed by atoms with Gasteiger partial charge in [0, 0.05) is 25.3 Å². The third-order valence-electron chi connectivity index (χ3n) is 3.35. The summed E-state index contributed by atoms with van der Waals surface area (Å²) >= 11 is 5.87. The summed E-state index contributed by atoms with van der Waals surface area (Å²) in [7, 11) is 0. The van der Waals surface area contributed by atoms with Crippen molar-refractivity contribution >= 4 is 23.5 Å². The Morgan fingerprint density at radius 2 is 2.08 bits per heavy atom. The second-order valence-electron chi connectivity index (χ2n) is 6.61. The van der Waals surface area contributed by atoms with Gasteiger partial charge in [0.2, 0.25) is 0 Å². The van der Waals surface area contributed by atoms with E-state index in [-0.39, 0.29) is 16.9 Å². The number of nitrogens with one attached hydrogen (secondary N) is 1. The molecule has 0 aliphatic carbocycles. The fraction of sp³-hybridized carbons (Fsp3) is 0.600. The van der Waals surface area contributed by atoms with Crippen molar-refractivity contribution < 1.29 is 22.7 Å². The number of carbonyl (C=O) groups is 1. The van der Waals surface area contributed by atoms with E-state index >= 15 is 0 Å². The highest BCUT2D eigenvalue weighted by Gasteiger charge is 2.33. The van der Waals surface area contributed by atoms with Gasteiger partial charge in [-0.05, 0) is 33.3 Å². The van der Waals surface area contributed by atoms with Crippen LogP contribution in [0.5, 0.6) is 0 Å². The average molecular weight is 366 g/mol. The molecule has 1 saturated heterocycles. The Bertz CT molecular complexity index is 617. The Hall–Kier alpha value is -1.70. The molecular weight excluding hydrogens is 347 g/mol. The fourth-order valence-corrected chi connectivity index (χ4v) is 2.48. The molecule has 1 aliphatic heterocycles. The normalized spacial score (nSPS) is 18.6. The second-order valence-corrected chi connectivity index (χ2v) is 7.02. The van der Waals surface area contributed by atoms with Crippen LogP contribution in [0.2, 0.25) is 5.02 Å². The summed E-state index contributed by atoms with van der Waals surface area (Å²) in [5.41, 5.74) is -1.49. The summed E-state index contributed by atoms with van der Waals surface area (Å²) in [6.07, 6.45) is -3.55. The number of rotatable bonds is 2. The van der Waals surface area contributed by atoms with Crippen LogP contribution in [0.3, 0.4) is 0 Å². The van der Waals surface area contributed by atoms with Gasteiger partial charge in [-0.25, -0.2) is 9.78 Å². The van der Waals surface area contributed by atoms with E-state index in [4.69, 9.17) is 16.3 Å². The Morgan fingerprint density at radius 3 is 2.62 bits per heavy atom. The number of amides is 1. The molecular formula is C15H19ClF3N3O2. The first-order valence-corrected chi connectivity index (χ1v) is 7.81. The zero-order valence-corrected chi connectivity index (χ0v) is 14.3. The van der Waals surface area contributed by atoms with Gasteiger partial charge in [0.05, 0.1) is 10.6 Å². The van der Waals surface area contributed by atoms with Gasteiger partial charge in [0.25, 0.3) is 0 Å². The minimum absolute atomic E-state index is 0.111. The smallest absolute Gasteiger partial charge is 0.417 e. The van der Waals surface area contributed by atoms with Crippen molar-refractivity contribution in [1.29, 1.82) is 0 Å². The molecule has 1 aliphatic rings. The lowest BCUT2D eigenvalue weighted by molar-refractivity contribution is -0.137. The Morgan fingerprint density at radius 1 is 1.42 bits per heavy atom. The number of pyridine rings is 1. The third-order valence-corrected chi connectivity index (χ3v) is 3.64. The van der Waals surface area contributed by atoms with Crippen molar-refractivity contribution in [2.24, 2.45) is 0 Å². The van der Waals surface area contributed by atoms with Gasteiger partial charge >= 0.3 is 12.3 Å². The highest BCUT2D eigenvalue weighted by molar-refractivity contribution is 6.33. The lowest BCUT2D eigenvalue weighted by Gasteiger charge is -2.24. The molecule has 5 nitrogen and oxygen atoms in total. The van der Waals surface area contributed by atoms with E-state index < -0.39 is 23.4 Å². The molecule has 24 heavy (non-hydrogen) atoms. The monoisotopic (exact) mass is 365 g/mol. The van der Waals surface area contributed by atoms with E-state index in [0.717, 1.165) is 12.3 Å². The number of likely N-dealkylation sites (tertiary alicyclic amines) is 1. The van der Waals surface area contributed by atoms with Gasteiger partial charge in [-0.2, -0.15) is 13.2 Å². The minimum Gasteiger partial charge on any atom is -0.444 e. The zero-order chi connectivity index (χ0) is 18.1. The van der Waals surface area contributed by atoms with Crippen LogP contribution in [0, 0.1) is 0 Å². The molecule has 1 aromatic heterocycles. The summed E-state index contributed by atoms with van der Waals surface area (Å²) in [5, 5.41) is 2.87.